The number of nitrogens with zero attached hydrogens (tertiary/aromatic N) is 2. The van der Waals surface area contributed by atoms with Crippen LogP contribution in [0.5, 0.6) is 0 Å². The summed E-state index contributed by atoms with van der Waals surface area (Å²) in [7, 11) is 1.77. The lowest BCUT2D eigenvalue weighted by Crippen LogP contribution is -1.85. The van der Waals surface area contributed by atoms with Gasteiger partial charge in [0.05, 0.1) is 5.39 Å². The van der Waals surface area contributed by atoms with Crippen LogP contribution in [0.2, 0.25) is 0 Å². The van der Waals surface area contributed by atoms with Gasteiger partial charge in [0.25, 0.3) is 0 Å². The molecule has 1 aromatic heterocycles. The molecule has 62 valence electrons. The molecule has 0 atom stereocenters. The third-order valence-corrected chi connectivity index (χ3v) is 2.33. The minimum Gasteiger partial charge on any atom is -0.274 e. The van der Waals surface area contributed by atoms with E-state index in [2.05, 4.69) is 21.0 Å². The zero-order chi connectivity index (χ0) is 8.72. The molecule has 0 radical (unpaired) electrons. The lowest BCUT2D eigenvalue weighted by molar-refractivity contribution is 0.639. The third kappa shape index (κ3) is 1.03. The first kappa shape index (κ1) is 7.73. The number of aryl methyl sites for hydroxylation is 1. The molecular formula is C8H6BrFN2. The number of benzene rings is 1. The average Bonchev–Trinajstić information content (AvgIpc) is 2.41. The maximum Gasteiger partial charge on any atom is 0.134 e. The Morgan fingerprint density at radius 3 is 2.92 bits per heavy atom. The molecule has 2 rings (SSSR count). The van der Waals surface area contributed by atoms with Gasteiger partial charge in [-0.15, -0.1) is 0 Å². The molecule has 2 aromatic rings. The Bertz CT molecular complexity index is 397. The number of aromatic nitrogens is 2. The fourth-order valence-electron chi connectivity index (χ4n) is 1.15. The van der Waals surface area contributed by atoms with Crippen molar-refractivity contribution in [2.24, 2.45) is 7.05 Å². The van der Waals surface area contributed by atoms with Crippen LogP contribution >= 0.6 is 15.9 Å². The summed E-state index contributed by atoms with van der Waals surface area (Å²) in [5.41, 5.74) is 0.664. The Hall–Kier alpha value is -0.900. The number of hydrogen-bond donors (Lipinski definition) is 0. The summed E-state index contributed by atoms with van der Waals surface area (Å²) in [6.45, 7) is 0. The molecule has 0 bridgehead atoms. The quantitative estimate of drug-likeness (QED) is 0.678. The van der Waals surface area contributed by atoms with Crippen LogP contribution in [0, 0.1) is 5.82 Å². The smallest absolute Gasteiger partial charge is 0.134 e. The van der Waals surface area contributed by atoms with E-state index in [9.17, 15) is 4.39 Å². The van der Waals surface area contributed by atoms with Crippen molar-refractivity contribution in [1.82, 2.24) is 9.78 Å². The van der Waals surface area contributed by atoms with Crippen LogP contribution in [0.1, 0.15) is 0 Å². The van der Waals surface area contributed by atoms with Gasteiger partial charge in [-0.05, 0) is 28.1 Å². The van der Waals surface area contributed by atoms with E-state index in [0.717, 1.165) is 4.47 Å². The second kappa shape index (κ2) is 2.55. The lowest BCUT2D eigenvalue weighted by atomic mass is 10.2. The molecule has 0 amide bonds. The van der Waals surface area contributed by atoms with Gasteiger partial charge in [0.2, 0.25) is 0 Å². The van der Waals surface area contributed by atoms with Crippen LogP contribution in [0.4, 0.5) is 4.39 Å². The van der Waals surface area contributed by atoms with E-state index in [4.69, 9.17) is 0 Å². The van der Waals surface area contributed by atoms with E-state index in [-0.39, 0.29) is 5.82 Å². The zero-order valence-electron chi connectivity index (χ0n) is 6.38. The van der Waals surface area contributed by atoms with E-state index in [1.807, 2.05) is 0 Å². The standard InChI is InChI=1S/C8H6BrFN2/c1-12-4-5-7(10)3-2-6(9)8(5)11-12/h2-4H,1H3. The van der Waals surface area contributed by atoms with E-state index >= 15 is 0 Å². The van der Waals surface area contributed by atoms with Gasteiger partial charge in [-0.1, -0.05) is 0 Å². The second-order valence-corrected chi connectivity index (χ2v) is 3.45. The maximum absolute atomic E-state index is 13.1. The fraction of sp³-hybridized carbons (Fsp3) is 0.125. The summed E-state index contributed by atoms with van der Waals surface area (Å²) in [6.07, 6.45) is 1.66. The topological polar surface area (TPSA) is 17.8 Å². The van der Waals surface area contributed by atoms with E-state index in [1.54, 1.807) is 24.0 Å². The maximum atomic E-state index is 13.1. The van der Waals surface area contributed by atoms with Gasteiger partial charge < -0.3 is 0 Å². The van der Waals surface area contributed by atoms with E-state index in [0.29, 0.717) is 10.9 Å². The Labute approximate surface area is 77.1 Å². The Morgan fingerprint density at radius 2 is 2.25 bits per heavy atom. The SMILES string of the molecule is Cn1cc2c(F)ccc(Br)c2n1. The molecule has 0 saturated carbocycles. The Morgan fingerprint density at radius 1 is 1.50 bits per heavy atom. The molecular weight excluding hydrogens is 223 g/mol. The molecule has 0 spiro atoms. The fourth-order valence-corrected chi connectivity index (χ4v) is 1.58. The molecule has 12 heavy (non-hydrogen) atoms. The van der Waals surface area contributed by atoms with Crippen molar-refractivity contribution in [2.75, 3.05) is 0 Å². The van der Waals surface area contributed by atoms with Gasteiger partial charge in [0.1, 0.15) is 11.3 Å². The van der Waals surface area contributed by atoms with Crippen molar-refractivity contribution in [3.63, 3.8) is 0 Å². The Balaban J connectivity index is 2.93. The zero-order valence-corrected chi connectivity index (χ0v) is 7.97. The normalized spacial score (nSPS) is 10.9. The van der Waals surface area contributed by atoms with Gasteiger partial charge >= 0.3 is 0 Å². The van der Waals surface area contributed by atoms with Crippen LogP contribution in [0.15, 0.2) is 22.8 Å². The third-order valence-electron chi connectivity index (χ3n) is 1.69. The van der Waals surface area contributed by atoms with Crippen molar-refractivity contribution in [1.29, 1.82) is 0 Å². The number of halogens is 2. The number of hydrogen-bond acceptors (Lipinski definition) is 1. The predicted molar refractivity (Wildman–Crippen MR) is 48.4 cm³/mol. The van der Waals surface area contributed by atoms with Gasteiger partial charge in [-0.2, -0.15) is 5.10 Å². The highest BCUT2D eigenvalue weighted by atomic mass is 79.9. The summed E-state index contributed by atoms with van der Waals surface area (Å²) >= 11 is 3.30. The lowest BCUT2D eigenvalue weighted by Gasteiger charge is -1.91. The molecule has 1 heterocycles. The summed E-state index contributed by atoms with van der Waals surface area (Å²) in [5, 5.41) is 4.65. The molecule has 0 unspecified atom stereocenters. The monoisotopic (exact) mass is 228 g/mol. The van der Waals surface area contributed by atoms with Crippen LogP contribution in [0.25, 0.3) is 10.9 Å². The molecule has 0 fully saturated rings. The second-order valence-electron chi connectivity index (χ2n) is 2.59. The van der Waals surface area contributed by atoms with Gasteiger partial charge in [-0.25, -0.2) is 4.39 Å². The first-order chi connectivity index (χ1) is 5.68. The molecule has 0 aliphatic rings. The van der Waals surface area contributed by atoms with Gasteiger partial charge in [-0.3, -0.25) is 4.68 Å². The van der Waals surface area contributed by atoms with Crippen LogP contribution in [-0.4, -0.2) is 9.78 Å². The van der Waals surface area contributed by atoms with E-state index < -0.39 is 0 Å². The summed E-state index contributed by atoms with van der Waals surface area (Å²) in [4.78, 5) is 0. The van der Waals surface area contributed by atoms with Crippen molar-refractivity contribution in [2.45, 2.75) is 0 Å². The first-order valence-electron chi connectivity index (χ1n) is 3.46. The minimum absolute atomic E-state index is 0.235. The molecule has 0 aliphatic carbocycles. The minimum atomic E-state index is -0.235. The first-order valence-corrected chi connectivity index (χ1v) is 4.25. The summed E-state index contributed by atoms with van der Waals surface area (Å²) in [5.74, 6) is -0.235. The highest BCUT2D eigenvalue weighted by molar-refractivity contribution is 9.10. The predicted octanol–water partition coefficient (Wildman–Crippen LogP) is 2.47. The number of fused-ring (bicyclic) bond motifs is 1. The molecule has 0 aliphatic heterocycles. The van der Waals surface area contributed by atoms with Crippen molar-refractivity contribution in [3.8, 4) is 0 Å². The average molecular weight is 229 g/mol. The summed E-state index contributed by atoms with van der Waals surface area (Å²) < 4.78 is 15.5. The van der Waals surface area contributed by atoms with Gasteiger partial charge in [0, 0.05) is 17.7 Å². The van der Waals surface area contributed by atoms with Crippen molar-refractivity contribution < 1.29 is 4.39 Å². The van der Waals surface area contributed by atoms with E-state index in [1.165, 1.54) is 6.07 Å². The largest absolute Gasteiger partial charge is 0.274 e. The van der Waals surface area contributed by atoms with Gasteiger partial charge in [0.15, 0.2) is 0 Å². The Kier molecular flexibility index (Phi) is 1.65. The van der Waals surface area contributed by atoms with Crippen molar-refractivity contribution >= 4 is 26.8 Å². The van der Waals surface area contributed by atoms with Crippen LogP contribution in [-0.2, 0) is 7.05 Å². The molecule has 2 nitrogen and oxygen atoms in total. The molecule has 1 aromatic carbocycles. The highest BCUT2D eigenvalue weighted by Gasteiger charge is 2.06. The number of rotatable bonds is 0. The van der Waals surface area contributed by atoms with Crippen LogP contribution < -0.4 is 0 Å². The molecule has 0 N–H and O–H groups in total. The van der Waals surface area contributed by atoms with Crippen molar-refractivity contribution in [3.05, 3.63) is 28.6 Å². The summed E-state index contributed by atoms with van der Waals surface area (Å²) in [6, 6.07) is 3.08. The molecule has 4 heteroatoms. The highest BCUT2D eigenvalue weighted by Crippen LogP contribution is 2.24. The molecule has 0 saturated heterocycles. The van der Waals surface area contributed by atoms with Crippen LogP contribution in [0.3, 0.4) is 0 Å².